The van der Waals surface area contributed by atoms with Crippen molar-refractivity contribution < 1.29 is 9.90 Å². The highest BCUT2D eigenvalue weighted by molar-refractivity contribution is 7.99. The van der Waals surface area contributed by atoms with E-state index < -0.39 is 5.97 Å². The number of carbonyl (C=O) groups is 1. The number of hydrogen-bond acceptors (Lipinski definition) is 5. The maximum atomic E-state index is 10.4. The number of aromatic nitrogens is 3. The van der Waals surface area contributed by atoms with Crippen LogP contribution in [0.2, 0.25) is 0 Å². The van der Waals surface area contributed by atoms with Gasteiger partial charge in [-0.05, 0) is 0 Å². The summed E-state index contributed by atoms with van der Waals surface area (Å²) in [5.74, 6) is 5.42. The molecule has 7 heteroatoms. The second-order valence-electron chi connectivity index (χ2n) is 4.11. The molecule has 1 aromatic rings. The number of aliphatic carboxylic acids is 1. The van der Waals surface area contributed by atoms with Crippen LogP contribution in [0.1, 0.15) is 26.6 Å². The lowest BCUT2D eigenvalue weighted by molar-refractivity contribution is -0.133. The zero-order valence-corrected chi connectivity index (χ0v) is 9.71. The molecule has 0 aromatic carbocycles. The Labute approximate surface area is 91.8 Å². The van der Waals surface area contributed by atoms with Gasteiger partial charge >= 0.3 is 5.97 Å². The van der Waals surface area contributed by atoms with Crippen molar-refractivity contribution in [2.24, 2.45) is 0 Å². The Kier molecular flexibility index (Phi) is 3.23. The average Bonchev–Trinajstić information content (AvgIpc) is 2.42. The van der Waals surface area contributed by atoms with E-state index in [2.05, 4.69) is 10.2 Å². The fraction of sp³-hybridized carbons (Fsp3) is 0.625. The lowest BCUT2D eigenvalue weighted by atomic mass is 9.96. The Hall–Kier alpha value is -1.24. The summed E-state index contributed by atoms with van der Waals surface area (Å²) >= 11 is 1.06. The maximum Gasteiger partial charge on any atom is 0.313 e. The van der Waals surface area contributed by atoms with Gasteiger partial charge in [0.25, 0.3) is 0 Å². The molecule has 0 aliphatic heterocycles. The van der Waals surface area contributed by atoms with Gasteiger partial charge in [-0.2, -0.15) is 0 Å². The summed E-state index contributed by atoms with van der Waals surface area (Å²) in [5, 5.41) is 16.7. The minimum Gasteiger partial charge on any atom is -0.481 e. The minimum absolute atomic E-state index is 0.0700. The first-order chi connectivity index (χ1) is 6.82. The lowest BCUT2D eigenvalue weighted by Gasteiger charge is -2.16. The largest absolute Gasteiger partial charge is 0.481 e. The molecule has 1 heterocycles. The van der Waals surface area contributed by atoms with E-state index in [1.54, 1.807) is 0 Å². The summed E-state index contributed by atoms with van der Waals surface area (Å²) < 4.78 is 1.34. The van der Waals surface area contributed by atoms with Gasteiger partial charge in [0.2, 0.25) is 5.16 Å². The highest BCUT2D eigenvalue weighted by Gasteiger charge is 2.23. The lowest BCUT2D eigenvalue weighted by Crippen LogP contribution is -2.24. The second-order valence-corrected chi connectivity index (χ2v) is 5.05. The van der Waals surface area contributed by atoms with Crippen LogP contribution in [0.4, 0.5) is 0 Å². The molecule has 6 nitrogen and oxygen atoms in total. The van der Waals surface area contributed by atoms with E-state index in [1.165, 1.54) is 4.68 Å². The van der Waals surface area contributed by atoms with Crippen molar-refractivity contribution in [2.75, 3.05) is 11.6 Å². The Bertz CT molecular complexity index is 369. The molecule has 0 fully saturated rings. The molecule has 0 atom stereocenters. The van der Waals surface area contributed by atoms with Gasteiger partial charge in [-0.3, -0.25) is 4.79 Å². The van der Waals surface area contributed by atoms with Gasteiger partial charge in [-0.25, -0.2) is 4.68 Å². The van der Waals surface area contributed by atoms with E-state index in [9.17, 15) is 4.79 Å². The molecule has 3 N–H and O–H groups in total. The number of nitrogen functional groups attached to an aromatic ring is 1. The highest BCUT2D eigenvalue weighted by atomic mass is 32.2. The standard InChI is InChI=1S/C8H14N4O2S/c1-8(2,3)6-10-11-7(12(6)9)15-4-5(13)14/h4,9H2,1-3H3,(H,13,14). The smallest absolute Gasteiger partial charge is 0.313 e. The zero-order valence-electron chi connectivity index (χ0n) is 8.89. The molecule has 0 bridgehead atoms. The molecule has 0 unspecified atom stereocenters. The topological polar surface area (TPSA) is 94.0 Å². The molecule has 1 aromatic heterocycles. The van der Waals surface area contributed by atoms with Crippen molar-refractivity contribution in [1.29, 1.82) is 0 Å². The van der Waals surface area contributed by atoms with E-state index in [4.69, 9.17) is 10.9 Å². The summed E-state index contributed by atoms with van der Waals surface area (Å²) in [5.41, 5.74) is -0.205. The van der Waals surface area contributed by atoms with Crippen molar-refractivity contribution in [3.05, 3.63) is 5.82 Å². The number of carboxylic acid groups (broad SMARTS) is 1. The zero-order chi connectivity index (χ0) is 11.6. The van der Waals surface area contributed by atoms with E-state index in [1.807, 2.05) is 20.8 Å². The van der Waals surface area contributed by atoms with Gasteiger partial charge in [0.15, 0.2) is 5.82 Å². The molecule has 0 radical (unpaired) electrons. The SMILES string of the molecule is CC(C)(C)c1nnc(SCC(=O)O)n1N. The van der Waals surface area contributed by atoms with Crippen LogP contribution < -0.4 is 5.84 Å². The predicted octanol–water partition coefficient (Wildman–Crippen LogP) is 0.466. The Morgan fingerprint density at radius 2 is 2.13 bits per heavy atom. The molecule has 0 saturated carbocycles. The summed E-state index contributed by atoms with van der Waals surface area (Å²) in [4.78, 5) is 10.4. The molecule has 1 rings (SSSR count). The number of hydrogen-bond donors (Lipinski definition) is 2. The van der Waals surface area contributed by atoms with Gasteiger partial charge < -0.3 is 10.9 Å². The molecular formula is C8H14N4O2S. The fourth-order valence-electron chi connectivity index (χ4n) is 1.01. The van der Waals surface area contributed by atoms with Crippen molar-refractivity contribution in [3.8, 4) is 0 Å². The number of nitrogens with two attached hydrogens (primary N) is 1. The Morgan fingerprint density at radius 3 is 2.53 bits per heavy atom. The highest BCUT2D eigenvalue weighted by Crippen LogP contribution is 2.22. The van der Waals surface area contributed by atoms with Crippen molar-refractivity contribution in [1.82, 2.24) is 14.9 Å². The van der Waals surface area contributed by atoms with Crippen LogP contribution >= 0.6 is 11.8 Å². The number of nitrogens with zero attached hydrogens (tertiary/aromatic N) is 3. The number of rotatable bonds is 3. The summed E-state index contributed by atoms with van der Waals surface area (Å²) in [7, 11) is 0. The predicted molar refractivity (Wildman–Crippen MR) is 57.2 cm³/mol. The maximum absolute atomic E-state index is 10.4. The van der Waals surface area contributed by atoms with Crippen LogP contribution in [-0.4, -0.2) is 31.7 Å². The molecule has 0 saturated heterocycles. The number of carboxylic acids is 1. The van der Waals surface area contributed by atoms with Crippen molar-refractivity contribution in [2.45, 2.75) is 31.3 Å². The normalized spacial score (nSPS) is 11.7. The van der Waals surface area contributed by atoms with E-state index in [0.29, 0.717) is 11.0 Å². The van der Waals surface area contributed by atoms with Crippen molar-refractivity contribution in [3.63, 3.8) is 0 Å². The number of thioether (sulfide) groups is 1. The molecule has 15 heavy (non-hydrogen) atoms. The van der Waals surface area contributed by atoms with Gasteiger partial charge in [0.1, 0.15) is 0 Å². The molecule has 84 valence electrons. The van der Waals surface area contributed by atoms with Gasteiger partial charge in [0, 0.05) is 5.41 Å². The first kappa shape index (κ1) is 11.8. The van der Waals surface area contributed by atoms with Gasteiger partial charge in [0.05, 0.1) is 5.75 Å². The summed E-state index contributed by atoms with van der Waals surface area (Å²) in [6.07, 6.45) is 0. The third kappa shape index (κ3) is 2.85. The van der Waals surface area contributed by atoms with Crippen LogP contribution in [0.25, 0.3) is 0 Å². The third-order valence-electron chi connectivity index (χ3n) is 1.66. The second kappa shape index (κ2) is 4.09. The van der Waals surface area contributed by atoms with Crippen LogP contribution in [0.3, 0.4) is 0 Å². The first-order valence-electron chi connectivity index (χ1n) is 4.38. The molecule has 0 amide bonds. The van der Waals surface area contributed by atoms with E-state index >= 15 is 0 Å². The van der Waals surface area contributed by atoms with Crippen LogP contribution in [0, 0.1) is 0 Å². The van der Waals surface area contributed by atoms with Crippen molar-refractivity contribution >= 4 is 17.7 Å². The first-order valence-corrected chi connectivity index (χ1v) is 5.36. The summed E-state index contributed by atoms with van der Waals surface area (Å²) in [6.45, 7) is 5.89. The quantitative estimate of drug-likeness (QED) is 0.579. The van der Waals surface area contributed by atoms with E-state index in [0.717, 1.165) is 11.8 Å². The monoisotopic (exact) mass is 230 g/mol. The molecular weight excluding hydrogens is 216 g/mol. The van der Waals surface area contributed by atoms with Crippen LogP contribution in [0.5, 0.6) is 0 Å². The van der Waals surface area contributed by atoms with Gasteiger partial charge in [-0.1, -0.05) is 32.5 Å². The van der Waals surface area contributed by atoms with Gasteiger partial charge in [-0.15, -0.1) is 10.2 Å². The molecule has 0 aliphatic carbocycles. The Morgan fingerprint density at radius 1 is 1.53 bits per heavy atom. The molecule has 0 aliphatic rings. The fourth-order valence-corrected chi connectivity index (χ4v) is 1.59. The van der Waals surface area contributed by atoms with E-state index in [-0.39, 0.29) is 11.2 Å². The average molecular weight is 230 g/mol. The summed E-state index contributed by atoms with van der Waals surface area (Å²) in [6, 6.07) is 0. The van der Waals surface area contributed by atoms with Crippen LogP contribution in [-0.2, 0) is 10.2 Å². The third-order valence-corrected chi connectivity index (χ3v) is 2.59. The minimum atomic E-state index is -0.902. The molecule has 0 spiro atoms. The van der Waals surface area contributed by atoms with Crippen LogP contribution in [0.15, 0.2) is 5.16 Å². The Balaban J connectivity index is 2.85.